The van der Waals surface area contributed by atoms with Crippen molar-refractivity contribution >= 4 is 5.69 Å². The predicted octanol–water partition coefficient (Wildman–Crippen LogP) is 3.48. The van der Waals surface area contributed by atoms with Gasteiger partial charge in [0.2, 0.25) is 0 Å². The van der Waals surface area contributed by atoms with Gasteiger partial charge in [-0.1, -0.05) is 6.07 Å². The van der Waals surface area contributed by atoms with Gasteiger partial charge in [-0.25, -0.2) is 10.2 Å². The Balaban J connectivity index is 1.42. The van der Waals surface area contributed by atoms with Gasteiger partial charge in [0.1, 0.15) is 5.82 Å². The quantitative estimate of drug-likeness (QED) is 0.597. The number of aryl methyl sites for hydroxylation is 1. The fourth-order valence-corrected chi connectivity index (χ4v) is 4.13. The van der Waals surface area contributed by atoms with Gasteiger partial charge in [0.15, 0.2) is 0 Å². The van der Waals surface area contributed by atoms with Crippen LogP contribution in [0, 0.1) is 23.6 Å². The summed E-state index contributed by atoms with van der Waals surface area (Å²) in [5.41, 5.74) is 1.58. The molecular weight excluding hydrogens is 289 g/mol. The molecule has 0 aromatic heterocycles. The van der Waals surface area contributed by atoms with Gasteiger partial charge in [-0.15, -0.1) is 0 Å². The minimum Gasteiger partial charge on any atom is -0.317 e. The van der Waals surface area contributed by atoms with Crippen LogP contribution >= 0.6 is 0 Å². The average molecular weight is 319 g/mol. The number of anilines is 1. The number of piperidine rings is 1. The molecule has 1 aromatic rings. The van der Waals surface area contributed by atoms with E-state index in [4.69, 9.17) is 5.84 Å². The maximum Gasteiger partial charge on any atom is 0.148 e. The average Bonchev–Trinajstić information content (AvgIpc) is 3.35. The first kappa shape index (κ1) is 16.7. The summed E-state index contributed by atoms with van der Waals surface area (Å²) in [6.45, 7) is 4.93. The van der Waals surface area contributed by atoms with E-state index in [9.17, 15) is 4.39 Å². The highest BCUT2D eigenvalue weighted by Crippen LogP contribution is 2.49. The van der Waals surface area contributed by atoms with Crippen molar-refractivity contribution in [3.05, 3.63) is 29.6 Å². The summed E-state index contributed by atoms with van der Waals surface area (Å²) in [7, 11) is 0. The summed E-state index contributed by atoms with van der Waals surface area (Å²) in [6.07, 6.45) is 7.60. The largest absolute Gasteiger partial charge is 0.317 e. The van der Waals surface area contributed by atoms with Gasteiger partial charge < -0.3 is 10.3 Å². The summed E-state index contributed by atoms with van der Waals surface area (Å²) >= 11 is 0. The molecule has 3 rings (SSSR count). The van der Waals surface area contributed by atoms with Gasteiger partial charge in [-0.3, -0.25) is 0 Å². The van der Waals surface area contributed by atoms with Crippen molar-refractivity contribution in [2.45, 2.75) is 45.4 Å². The zero-order valence-corrected chi connectivity index (χ0v) is 14.2. The maximum absolute atomic E-state index is 14.1. The van der Waals surface area contributed by atoms with E-state index in [0.717, 1.165) is 29.7 Å². The van der Waals surface area contributed by atoms with Gasteiger partial charge in [0.05, 0.1) is 5.69 Å². The summed E-state index contributed by atoms with van der Waals surface area (Å²) in [4.78, 5) is 0. The van der Waals surface area contributed by atoms with Gasteiger partial charge in [-0.05, 0) is 94.0 Å². The molecule has 0 amide bonds. The third-order valence-corrected chi connectivity index (χ3v) is 5.67. The molecule has 4 heteroatoms. The summed E-state index contributed by atoms with van der Waals surface area (Å²) in [5.74, 6) is 8.44. The number of rotatable bonds is 7. The van der Waals surface area contributed by atoms with Crippen LogP contribution in [0.15, 0.2) is 18.2 Å². The van der Waals surface area contributed by atoms with Gasteiger partial charge in [0, 0.05) is 6.54 Å². The Bertz CT molecular complexity index is 513. The normalized spacial score (nSPS) is 24.7. The Morgan fingerprint density at radius 3 is 2.78 bits per heavy atom. The minimum atomic E-state index is -0.203. The molecule has 0 bridgehead atoms. The molecule has 0 spiro atoms. The third kappa shape index (κ3) is 4.24. The first-order valence-electron chi connectivity index (χ1n) is 9.20. The highest BCUT2D eigenvalue weighted by Gasteiger charge is 2.41. The van der Waals surface area contributed by atoms with E-state index in [1.54, 1.807) is 6.07 Å². The van der Waals surface area contributed by atoms with Crippen molar-refractivity contribution in [1.82, 2.24) is 5.32 Å². The summed E-state index contributed by atoms with van der Waals surface area (Å²) in [6, 6.07) is 5.48. The highest BCUT2D eigenvalue weighted by molar-refractivity contribution is 5.47. The van der Waals surface area contributed by atoms with Crippen molar-refractivity contribution in [3.8, 4) is 0 Å². The zero-order chi connectivity index (χ0) is 16.2. The van der Waals surface area contributed by atoms with E-state index in [2.05, 4.69) is 5.32 Å². The first-order chi connectivity index (χ1) is 11.2. The molecule has 2 unspecified atom stereocenters. The van der Waals surface area contributed by atoms with Crippen LogP contribution in [0.25, 0.3) is 0 Å². The third-order valence-electron chi connectivity index (χ3n) is 5.67. The van der Waals surface area contributed by atoms with Crippen LogP contribution in [0.3, 0.4) is 0 Å². The van der Waals surface area contributed by atoms with Gasteiger partial charge in [-0.2, -0.15) is 0 Å². The Labute approximate surface area is 139 Å². The molecule has 2 fully saturated rings. The van der Waals surface area contributed by atoms with Crippen LogP contribution < -0.4 is 16.2 Å². The van der Waals surface area contributed by atoms with Crippen LogP contribution in [0.2, 0.25) is 0 Å². The van der Waals surface area contributed by atoms with E-state index < -0.39 is 0 Å². The van der Waals surface area contributed by atoms with Crippen molar-refractivity contribution < 1.29 is 4.39 Å². The standard InChI is InChI=1S/C19H30FN3/c1-2-23(21)19-7-6-14(12-18(19)20)4-3-5-16-13-17(16)15-8-10-22-11-9-15/h6-7,12,15-17,22H,2-5,8-11,13,21H2,1H3. The number of halogens is 1. The number of nitrogens with two attached hydrogens (primary N) is 1. The van der Waals surface area contributed by atoms with Crippen molar-refractivity contribution in [2.75, 3.05) is 24.6 Å². The van der Waals surface area contributed by atoms with Crippen LogP contribution in [0.4, 0.5) is 10.1 Å². The van der Waals surface area contributed by atoms with E-state index in [-0.39, 0.29) is 5.82 Å². The molecule has 128 valence electrons. The van der Waals surface area contributed by atoms with Gasteiger partial charge in [0.25, 0.3) is 0 Å². The number of hydrogen-bond acceptors (Lipinski definition) is 3. The number of nitrogens with one attached hydrogen (secondary N) is 1. The molecule has 1 heterocycles. The minimum absolute atomic E-state index is 0.203. The van der Waals surface area contributed by atoms with Crippen molar-refractivity contribution in [3.63, 3.8) is 0 Å². The Hall–Kier alpha value is -1.13. The fourth-order valence-electron chi connectivity index (χ4n) is 4.13. The molecule has 2 atom stereocenters. The van der Waals surface area contributed by atoms with Crippen LogP contribution in [-0.4, -0.2) is 19.6 Å². The summed E-state index contributed by atoms with van der Waals surface area (Å²) in [5, 5.41) is 4.90. The van der Waals surface area contributed by atoms with Crippen molar-refractivity contribution in [2.24, 2.45) is 23.6 Å². The molecule has 23 heavy (non-hydrogen) atoms. The molecule has 0 radical (unpaired) electrons. The molecule has 2 aliphatic rings. The lowest BCUT2D eigenvalue weighted by Gasteiger charge is -2.22. The van der Waals surface area contributed by atoms with E-state index in [0.29, 0.717) is 12.2 Å². The molecule has 3 N–H and O–H groups in total. The molecular formula is C19H30FN3. The second-order valence-electron chi connectivity index (χ2n) is 7.21. The van der Waals surface area contributed by atoms with Crippen molar-refractivity contribution in [1.29, 1.82) is 0 Å². The number of hydrogen-bond donors (Lipinski definition) is 2. The molecule has 1 saturated heterocycles. The summed E-state index contributed by atoms with van der Waals surface area (Å²) < 4.78 is 14.1. The number of hydrazine groups is 1. The molecule has 1 aliphatic carbocycles. The Kier molecular flexibility index (Phi) is 5.54. The monoisotopic (exact) mass is 319 g/mol. The van der Waals surface area contributed by atoms with E-state index in [1.165, 1.54) is 50.2 Å². The molecule has 1 saturated carbocycles. The second kappa shape index (κ2) is 7.63. The smallest absolute Gasteiger partial charge is 0.148 e. The van der Waals surface area contributed by atoms with Crippen LogP contribution in [0.5, 0.6) is 0 Å². The topological polar surface area (TPSA) is 41.3 Å². The predicted molar refractivity (Wildman–Crippen MR) is 93.7 cm³/mol. The Morgan fingerprint density at radius 2 is 2.09 bits per heavy atom. The SMILES string of the molecule is CCN(N)c1ccc(CCCC2CC2C2CCNCC2)cc1F. The number of nitrogens with zero attached hydrogens (tertiary/aromatic N) is 1. The molecule has 3 nitrogen and oxygen atoms in total. The van der Waals surface area contributed by atoms with Crippen LogP contribution in [0.1, 0.15) is 44.6 Å². The number of benzene rings is 1. The lowest BCUT2D eigenvalue weighted by molar-refractivity contribution is 0.320. The molecule has 1 aromatic carbocycles. The zero-order valence-electron chi connectivity index (χ0n) is 14.2. The lowest BCUT2D eigenvalue weighted by Crippen LogP contribution is -2.31. The molecule has 1 aliphatic heterocycles. The van der Waals surface area contributed by atoms with E-state index >= 15 is 0 Å². The fraction of sp³-hybridized carbons (Fsp3) is 0.684. The van der Waals surface area contributed by atoms with E-state index in [1.807, 2.05) is 19.1 Å². The van der Waals surface area contributed by atoms with Crippen LogP contribution in [-0.2, 0) is 6.42 Å². The Morgan fingerprint density at radius 1 is 1.30 bits per heavy atom. The maximum atomic E-state index is 14.1. The van der Waals surface area contributed by atoms with Gasteiger partial charge >= 0.3 is 0 Å². The first-order valence-corrected chi connectivity index (χ1v) is 9.20. The lowest BCUT2D eigenvalue weighted by atomic mass is 9.91. The second-order valence-corrected chi connectivity index (χ2v) is 7.21. The highest BCUT2D eigenvalue weighted by atomic mass is 19.1.